The van der Waals surface area contributed by atoms with Crippen LogP contribution in [0.3, 0.4) is 0 Å². The fourth-order valence-corrected chi connectivity index (χ4v) is 0.687. The van der Waals surface area contributed by atoms with Crippen LogP contribution in [0.1, 0.15) is 6.92 Å². The third kappa shape index (κ3) is 2.14. The van der Waals surface area contributed by atoms with Crippen molar-refractivity contribution in [1.29, 1.82) is 0 Å². The molecule has 0 aromatic carbocycles. The van der Waals surface area contributed by atoms with Gasteiger partial charge in [-0.05, 0) is 17.4 Å². The zero-order valence-electron chi connectivity index (χ0n) is 7.97. The van der Waals surface area contributed by atoms with E-state index in [1.54, 1.807) is 23.7 Å². The number of hydrogen-bond donors (Lipinski definition) is 1. The van der Waals surface area contributed by atoms with Crippen molar-refractivity contribution in [2.24, 2.45) is 10.7 Å². The Morgan fingerprint density at radius 1 is 1.62 bits per heavy atom. The smallest absolute Gasteiger partial charge is 0.272 e. The lowest BCUT2D eigenvalue weighted by Crippen LogP contribution is -2.30. The van der Waals surface area contributed by atoms with E-state index in [1.165, 1.54) is 0 Å². The highest BCUT2D eigenvalue weighted by Gasteiger charge is 2.03. The van der Waals surface area contributed by atoms with Crippen LogP contribution in [-0.2, 0) is 6.54 Å². The van der Waals surface area contributed by atoms with E-state index in [9.17, 15) is 0 Å². The number of nitrogens with two attached hydrogens (primary N) is 1. The largest absolute Gasteiger partial charge is 0.369 e. The summed E-state index contributed by atoms with van der Waals surface area (Å²) in [5, 5.41) is 10.9. The highest BCUT2D eigenvalue weighted by molar-refractivity contribution is 5.79. The van der Waals surface area contributed by atoms with E-state index in [2.05, 4.69) is 20.5 Å². The van der Waals surface area contributed by atoms with Gasteiger partial charge in [0.05, 0.1) is 0 Å². The Bertz CT molecular complexity index is 300. The zero-order valence-corrected chi connectivity index (χ0v) is 7.97. The lowest BCUT2D eigenvalue weighted by atomic mass is 10.7. The van der Waals surface area contributed by atoms with Crippen molar-refractivity contribution in [2.75, 3.05) is 14.1 Å². The third-order valence-electron chi connectivity index (χ3n) is 1.49. The second-order valence-corrected chi connectivity index (χ2v) is 2.66. The summed E-state index contributed by atoms with van der Waals surface area (Å²) < 4.78 is 1.57. The SMILES string of the molecule is CCn1nnnc1N=C(N)N(C)C. The number of aromatic nitrogens is 4. The Labute approximate surface area is 76.2 Å². The van der Waals surface area contributed by atoms with Crippen LogP contribution in [0.2, 0.25) is 0 Å². The summed E-state index contributed by atoms with van der Waals surface area (Å²) in [6.45, 7) is 2.60. The molecule has 1 aromatic heterocycles. The molecular weight excluding hydrogens is 170 g/mol. The first-order chi connectivity index (χ1) is 6.15. The van der Waals surface area contributed by atoms with Crippen LogP contribution in [0.15, 0.2) is 4.99 Å². The summed E-state index contributed by atoms with van der Waals surface area (Å²) in [7, 11) is 3.61. The normalized spacial score (nSPS) is 11.8. The number of guanidine groups is 1. The molecule has 1 aromatic rings. The fourth-order valence-electron chi connectivity index (χ4n) is 0.687. The van der Waals surface area contributed by atoms with Gasteiger partial charge in [-0.1, -0.05) is 5.10 Å². The Balaban J connectivity index is 2.89. The van der Waals surface area contributed by atoms with Gasteiger partial charge in [-0.15, -0.1) is 0 Å². The number of hydrogen-bond acceptors (Lipinski definition) is 4. The predicted molar refractivity (Wildman–Crippen MR) is 48.5 cm³/mol. The van der Waals surface area contributed by atoms with Gasteiger partial charge in [0, 0.05) is 20.6 Å². The first-order valence-corrected chi connectivity index (χ1v) is 3.92. The Morgan fingerprint density at radius 2 is 2.31 bits per heavy atom. The van der Waals surface area contributed by atoms with E-state index in [0.717, 1.165) is 0 Å². The first-order valence-electron chi connectivity index (χ1n) is 3.92. The number of nitrogens with zero attached hydrogens (tertiary/aromatic N) is 6. The minimum atomic E-state index is 0.379. The molecule has 0 spiro atoms. The second-order valence-electron chi connectivity index (χ2n) is 2.66. The molecule has 7 nitrogen and oxygen atoms in total. The van der Waals surface area contributed by atoms with Crippen molar-refractivity contribution in [2.45, 2.75) is 13.5 Å². The molecule has 0 unspecified atom stereocenters. The summed E-state index contributed by atoms with van der Waals surface area (Å²) in [6, 6.07) is 0. The highest BCUT2D eigenvalue weighted by atomic mass is 15.6. The van der Waals surface area contributed by atoms with Crippen molar-refractivity contribution in [3.05, 3.63) is 0 Å². The summed E-state index contributed by atoms with van der Waals surface area (Å²) in [4.78, 5) is 5.73. The second kappa shape index (κ2) is 3.83. The predicted octanol–water partition coefficient (Wildman–Crippen LogP) is -0.799. The molecule has 0 amide bonds. The van der Waals surface area contributed by atoms with E-state index >= 15 is 0 Å². The molecule has 1 rings (SSSR count). The van der Waals surface area contributed by atoms with Gasteiger partial charge in [-0.25, -0.2) is 4.68 Å². The number of rotatable bonds is 2. The molecule has 0 saturated carbocycles. The van der Waals surface area contributed by atoms with Crippen LogP contribution in [-0.4, -0.2) is 45.2 Å². The Hall–Kier alpha value is -1.66. The number of tetrazole rings is 1. The molecular formula is C6H13N7. The van der Waals surface area contributed by atoms with Gasteiger partial charge >= 0.3 is 0 Å². The summed E-state index contributed by atoms with van der Waals surface area (Å²) in [5.74, 6) is 0.804. The molecule has 2 N–H and O–H groups in total. The van der Waals surface area contributed by atoms with Crippen LogP contribution in [0.4, 0.5) is 5.95 Å². The molecule has 0 aliphatic rings. The molecule has 72 valence electrons. The number of aryl methyl sites for hydroxylation is 1. The molecule has 0 aliphatic carbocycles. The third-order valence-corrected chi connectivity index (χ3v) is 1.49. The highest BCUT2D eigenvalue weighted by Crippen LogP contribution is 2.03. The molecule has 0 fully saturated rings. The van der Waals surface area contributed by atoms with Crippen molar-refractivity contribution in [1.82, 2.24) is 25.1 Å². The van der Waals surface area contributed by atoms with Crippen LogP contribution >= 0.6 is 0 Å². The summed E-state index contributed by atoms with van der Waals surface area (Å²) in [6.07, 6.45) is 0. The van der Waals surface area contributed by atoms with Crippen LogP contribution in [0.25, 0.3) is 0 Å². The van der Waals surface area contributed by atoms with Crippen molar-refractivity contribution in [3.8, 4) is 0 Å². The molecule has 0 bridgehead atoms. The Kier molecular flexibility index (Phi) is 2.78. The molecule has 1 heterocycles. The van der Waals surface area contributed by atoms with Crippen molar-refractivity contribution in [3.63, 3.8) is 0 Å². The van der Waals surface area contributed by atoms with E-state index < -0.39 is 0 Å². The first kappa shape index (κ1) is 9.43. The van der Waals surface area contributed by atoms with Gasteiger partial charge < -0.3 is 10.6 Å². The molecule has 0 saturated heterocycles. The van der Waals surface area contributed by atoms with Gasteiger partial charge in [0.25, 0.3) is 5.95 Å². The van der Waals surface area contributed by atoms with Crippen LogP contribution in [0, 0.1) is 0 Å². The Morgan fingerprint density at radius 3 is 2.85 bits per heavy atom. The molecule has 0 radical (unpaired) electrons. The maximum Gasteiger partial charge on any atom is 0.272 e. The van der Waals surface area contributed by atoms with E-state index in [0.29, 0.717) is 18.5 Å². The van der Waals surface area contributed by atoms with E-state index in [-0.39, 0.29) is 0 Å². The van der Waals surface area contributed by atoms with Crippen molar-refractivity contribution < 1.29 is 0 Å². The maximum absolute atomic E-state index is 5.60. The van der Waals surface area contributed by atoms with Gasteiger partial charge in [-0.3, -0.25) is 0 Å². The molecule has 0 aliphatic heterocycles. The minimum Gasteiger partial charge on any atom is -0.369 e. The zero-order chi connectivity index (χ0) is 9.84. The van der Waals surface area contributed by atoms with Crippen LogP contribution in [0.5, 0.6) is 0 Å². The van der Waals surface area contributed by atoms with E-state index in [4.69, 9.17) is 5.73 Å². The summed E-state index contributed by atoms with van der Waals surface area (Å²) in [5.41, 5.74) is 5.60. The van der Waals surface area contributed by atoms with Gasteiger partial charge in [0.1, 0.15) is 0 Å². The summed E-state index contributed by atoms with van der Waals surface area (Å²) >= 11 is 0. The molecule has 7 heteroatoms. The lowest BCUT2D eigenvalue weighted by molar-refractivity contribution is 0.605. The monoisotopic (exact) mass is 183 g/mol. The van der Waals surface area contributed by atoms with Crippen LogP contribution < -0.4 is 5.73 Å². The maximum atomic E-state index is 5.60. The van der Waals surface area contributed by atoms with Gasteiger partial charge in [0.15, 0.2) is 5.96 Å². The molecule has 0 atom stereocenters. The van der Waals surface area contributed by atoms with E-state index in [1.807, 2.05) is 6.92 Å². The average Bonchev–Trinajstić information content (AvgIpc) is 2.51. The quantitative estimate of drug-likeness (QED) is 0.479. The van der Waals surface area contributed by atoms with Crippen molar-refractivity contribution >= 4 is 11.9 Å². The fraction of sp³-hybridized carbons (Fsp3) is 0.667. The topological polar surface area (TPSA) is 85.2 Å². The average molecular weight is 183 g/mol. The van der Waals surface area contributed by atoms with Gasteiger partial charge in [0.2, 0.25) is 0 Å². The molecule has 13 heavy (non-hydrogen) atoms. The number of aliphatic imine (C=N–C) groups is 1. The van der Waals surface area contributed by atoms with Gasteiger partial charge in [-0.2, -0.15) is 4.99 Å². The lowest BCUT2D eigenvalue weighted by Gasteiger charge is -2.09. The standard InChI is InChI=1S/C6H13N7/c1-4-13-6(9-10-11-13)8-5(7)12(2)3/h4H2,1-3H3,(H2,7,8,9,11). The minimum absolute atomic E-state index is 0.379.